The molecular formula is C19H18N6O3S. The molecule has 3 heterocycles. The van der Waals surface area contributed by atoms with E-state index in [1.807, 2.05) is 24.3 Å². The summed E-state index contributed by atoms with van der Waals surface area (Å²) < 4.78 is 0.961. The van der Waals surface area contributed by atoms with Gasteiger partial charge in [-0.2, -0.15) is 10.1 Å². The molecule has 2 atom stereocenters. The van der Waals surface area contributed by atoms with Gasteiger partial charge in [-0.05, 0) is 26.0 Å². The number of anilines is 1. The summed E-state index contributed by atoms with van der Waals surface area (Å²) >= 11 is 1.38. The SMILES string of the molecule is CC(=N[C@@H](Cc1cnc[nH]1)C(=O)O)[C@H]1C(=O)N(c2nc3ccccc3s2)N=C1C. The molecule has 4 rings (SSSR count). The number of H-pyrrole nitrogens is 1. The summed E-state index contributed by atoms with van der Waals surface area (Å²) in [5.74, 6) is -2.05. The fourth-order valence-corrected chi connectivity index (χ4v) is 4.17. The number of benzene rings is 1. The average Bonchev–Trinajstić information content (AvgIpc) is 3.39. The zero-order valence-corrected chi connectivity index (χ0v) is 16.6. The second kappa shape index (κ2) is 7.55. The van der Waals surface area contributed by atoms with E-state index in [0.717, 1.165) is 10.2 Å². The van der Waals surface area contributed by atoms with Crippen molar-refractivity contribution in [1.82, 2.24) is 15.0 Å². The van der Waals surface area contributed by atoms with Gasteiger partial charge in [0.25, 0.3) is 5.91 Å². The van der Waals surface area contributed by atoms with E-state index in [9.17, 15) is 14.7 Å². The van der Waals surface area contributed by atoms with Crippen LogP contribution >= 0.6 is 11.3 Å². The molecular weight excluding hydrogens is 392 g/mol. The Morgan fingerprint density at radius 1 is 1.41 bits per heavy atom. The number of carboxylic acid groups (broad SMARTS) is 1. The van der Waals surface area contributed by atoms with Gasteiger partial charge in [0.05, 0.1) is 22.3 Å². The third-order valence-electron chi connectivity index (χ3n) is 4.63. The normalized spacial score (nSPS) is 18.3. The standard InChI is InChI=1S/C19H18N6O3S/c1-10(22-14(18(27)28)7-12-8-20-9-21-12)16-11(2)24-25(17(16)26)19-23-13-5-3-4-6-15(13)29-19/h3-6,8-9,14,16H,7H2,1-2H3,(H,20,21)(H,27,28)/t14-,16+/m0/s1. The molecule has 0 bridgehead atoms. The summed E-state index contributed by atoms with van der Waals surface area (Å²) in [7, 11) is 0. The molecule has 2 aromatic heterocycles. The molecule has 1 aliphatic rings. The number of hydrazone groups is 1. The van der Waals surface area contributed by atoms with Gasteiger partial charge in [-0.25, -0.2) is 14.8 Å². The van der Waals surface area contributed by atoms with Gasteiger partial charge in [0.2, 0.25) is 5.13 Å². The highest BCUT2D eigenvalue weighted by Gasteiger charge is 2.38. The number of para-hydroxylation sites is 1. The van der Waals surface area contributed by atoms with Crippen LogP contribution in [0.4, 0.5) is 5.13 Å². The lowest BCUT2D eigenvalue weighted by atomic mass is 9.99. The number of carbonyl (C=O) groups is 2. The van der Waals surface area contributed by atoms with Crippen LogP contribution in [0, 0.1) is 5.92 Å². The number of hydrogen-bond acceptors (Lipinski definition) is 7. The number of aromatic nitrogens is 3. The predicted octanol–water partition coefficient (Wildman–Crippen LogP) is 2.51. The molecule has 0 spiro atoms. The molecule has 2 N–H and O–H groups in total. The van der Waals surface area contributed by atoms with E-state index >= 15 is 0 Å². The van der Waals surface area contributed by atoms with Crippen LogP contribution < -0.4 is 5.01 Å². The van der Waals surface area contributed by atoms with Crippen molar-refractivity contribution in [2.24, 2.45) is 16.0 Å². The Balaban J connectivity index is 1.59. The topological polar surface area (TPSA) is 124 Å². The van der Waals surface area contributed by atoms with E-state index in [1.54, 1.807) is 20.0 Å². The number of carbonyl (C=O) groups excluding carboxylic acids is 1. The van der Waals surface area contributed by atoms with Crippen molar-refractivity contribution in [3.8, 4) is 0 Å². The van der Waals surface area contributed by atoms with Crippen LogP contribution in [0.25, 0.3) is 10.2 Å². The first-order valence-electron chi connectivity index (χ1n) is 8.93. The second-order valence-corrected chi connectivity index (χ2v) is 7.70. The largest absolute Gasteiger partial charge is 0.480 e. The molecule has 1 amide bonds. The highest BCUT2D eigenvalue weighted by atomic mass is 32.1. The van der Waals surface area contributed by atoms with Crippen molar-refractivity contribution >= 4 is 50.0 Å². The summed E-state index contributed by atoms with van der Waals surface area (Å²) in [6.45, 7) is 3.39. The van der Waals surface area contributed by atoms with Gasteiger partial charge in [-0.15, -0.1) is 0 Å². The van der Waals surface area contributed by atoms with Crippen LogP contribution in [-0.4, -0.2) is 49.4 Å². The van der Waals surface area contributed by atoms with Gasteiger partial charge in [0.1, 0.15) is 5.92 Å². The zero-order valence-electron chi connectivity index (χ0n) is 15.7. The van der Waals surface area contributed by atoms with Gasteiger partial charge in [0, 0.05) is 24.0 Å². The van der Waals surface area contributed by atoms with E-state index < -0.39 is 17.9 Å². The first-order chi connectivity index (χ1) is 13.9. The van der Waals surface area contributed by atoms with Crippen molar-refractivity contribution in [1.29, 1.82) is 0 Å². The maximum Gasteiger partial charge on any atom is 0.328 e. The van der Waals surface area contributed by atoms with Crippen molar-refractivity contribution in [2.75, 3.05) is 5.01 Å². The van der Waals surface area contributed by atoms with Crippen LogP contribution in [0.1, 0.15) is 19.5 Å². The van der Waals surface area contributed by atoms with Gasteiger partial charge in [-0.1, -0.05) is 23.5 Å². The van der Waals surface area contributed by atoms with Gasteiger partial charge < -0.3 is 10.1 Å². The Morgan fingerprint density at radius 3 is 2.90 bits per heavy atom. The minimum atomic E-state index is -1.07. The van der Waals surface area contributed by atoms with E-state index in [0.29, 0.717) is 22.2 Å². The van der Waals surface area contributed by atoms with Crippen molar-refractivity contribution in [2.45, 2.75) is 26.3 Å². The van der Waals surface area contributed by atoms with E-state index in [-0.39, 0.29) is 12.3 Å². The number of amides is 1. The van der Waals surface area contributed by atoms with Gasteiger partial charge in [-0.3, -0.25) is 9.79 Å². The molecule has 0 fully saturated rings. The summed E-state index contributed by atoms with van der Waals surface area (Å²) in [6.07, 6.45) is 3.20. The molecule has 0 saturated heterocycles. The van der Waals surface area contributed by atoms with Crippen LogP contribution in [0.15, 0.2) is 46.9 Å². The van der Waals surface area contributed by atoms with E-state index in [2.05, 4.69) is 25.0 Å². The number of nitrogens with one attached hydrogen (secondary N) is 1. The Hall–Kier alpha value is -3.40. The zero-order chi connectivity index (χ0) is 20.5. The Kier molecular flexibility index (Phi) is 4.93. The smallest absolute Gasteiger partial charge is 0.328 e. The number of aliphatic carboxylic acids is 1. The second-order valence-electron chi connectivity index (χ2n) is 6.69. The molecule has 0 radical (unpaired) electrons. The molecule has 0 unspecified atom stereocenters. The maximum absolute atomic E-state index is 13.0. The third kappa shape index (κ3) is 3.66. The van der Waals surface area contributed by atoms with E-state index in [4.69, 9.17) is 0 Å². The predicted molar refractivity (Wildman–Crippen MR) is 111 cm³/mol. The summed E-state index contributed by atoms with van der Waals surface area (Å²) in [4.78, 5) is 40.3. The van der Waals surface area contributed by atoms with Crippen molar-refractivity contribution in [3.05, 3.63) is 42.5 Å². The lowest BCUT2D eigenvalue weighted by molar-refractivity contribution is -0.138. The lowest BCUT2D eigenvalue weighted by Gasteiger charge is -2.14. The Bertz CT molecular complexity index is 1100. The van der Waals surface area contributed by atoms with Gasteiger partial charge >= 0.3 is 5.97 Å². The number of imidazole rings is 1. The first kappa shape index (κ1) is 18.9. The van der Waals surface area contributed by atoms with Crippen LogP contribution in [0.2, 0.25) is 0 Å². The monoisotopic (exact) mass is 410 g/mol. The maximum atomic E-state index is 13.0. The van der Waals surface area contributed by atoms with E-state index in [1.165, 1.54) is 22.7 Å². The molecule has 0 aliphatic carbocycles. The Morgan fingerprint density at radius 2 is 2.21 bits per heavy atom. The first-order valence-corrected chi connectivity index (χ1v) is 9.74. The average molecular weight is 410 g/mol. The fourth-order valence-electron chi connectivity index (χ4n) is 3.25. The molecule has 3 aromatic rings. The third-order valence-corrected chi connectivity index (χ3v) is 5.64. The number of aromatic amines is 1. The minimum Gasteiger partial charge on any atom is -0.480 e. The molecule has 29 heavy (non-hydrogen) atoms. The number of nitrogens with zero attached hydrogens (tertiary/aromatic N) is 5. The molecule has 1 aromatic carbocycles. The number of fused-ring (bicyclic) bond motifs is 1. The van der Waals surface area contributed by atoms with Crippen LogP contribution in [-0.2, 0) is 16.0 Å². The molecule has 148 valence electrons. The number of thiazole rings is 1. The summed E-state index contributed by atoms with van der Waals surface area (Å²) in [5.41, 5.74) is 2.42. The van der Waals surface area contributed by atoms with Gasteiger partial charge in [0.15, 0.2) is 6.04 Å². The molecule has 9 nitrogen and oxygen atoms in total. The van der Waals surface area contributed by atoms with Crippen LogP contribution in [0.5, 0.6) is 0 Å². The fraction of sp³-hybridized carbons (Fsp3) is 0.263. The molecule has 1 aliphatic heterocycles. The summed E-state index contributed by atoms with van der Waals surface area (Å²) in [6, 6.07) is 6.59. The lowest BCUT2D eigenvalue weighted by Crippen LogP contribution is -2.33. The van der Waals surface area contributed by atoms with Crippen LogP contribution in [0.3, 0.4) is 0 Å². The van der Waals surface area contributed by atoms with Crippen molar-refractivity contribution in [3.63, 3.8) is 0 Å². The summed E-state index contributed by atoms with van der Waals surface area (Å²) in [5, 5.41) is 15.7. The molecule has 0 saturated carbocycles. The number of carboxylic acids is 1. The number of rotatable bonds is 6. The highest BCUT2D eigenvalue weighted by molar-refractivity contribution is 7.22. The Labute approximate surface area is 169 Å². The number of aliphatic imine (C=N–C) groups is 1. The minimum absolute atomic E-state index is 0.158. The quantitative estimate of drug-likeness (QED) is 0.604. The number of hydrogen-bond donors (Lipinski definition) is 2. The highest BCUT2D eigenvalue weighted by Crippen LogP contribution is 2.32. The van der Waals surface area contributed by atoms with Crippen molar-refractivity contribution < 1.29 is 14.7 Å². The molecule has 10 heteroatoms.